The van der Waals surface area contributed by atoms with Crippen LogP contribution in [0.1, 0.15) is 46.0 Å². The lowest BCUT2D eigenvalue weighted by Crippen LogP contribution is -2.42. The van der Waals surface area contributed by atoms with Crippen molar-refractivity contribution in [3.63, 3.8) is 0 Å². The van der Waals surface area contributed by atoms with Crippen LogP contribution in [0.4, 0.5) is 0 Å². The first-order valence-corrected chi connectivity index (χ1v) is 8.18. The second kappa shape index (κ2) is 7.62. The fraction of sp³-hybridized carbons (Fsp3) is 0.765. The third kappa shape index (κ3) is 4.58. The first kappa shape index (κ1) is 16.1. The summed E-state index contributed by atoms with van der Waals surface area (Å²) in [7, 11) is 0. The van der Waals surface area contributed by atoms with Gasteiger partial charge < -0.3 is 9.64 Å². The molecule has 0 radical (unpaired) electrons. The zero-order valence-electron chi connectivity index (χ0n) is 13.2. The topological polar surface area (TPSA) is 46.6 Å². The number of amides is 1. The van der Waals surface area contributed by atoms with Crippen molar-refractivity contribution in [3.05, 3.63) is 12.2 Å². The van der Waals surface area contributed by atoms with Crippen molar-refractivity contribution in [1.29, 1.82) is 0 Å². The number of nitrogens with zero attached hydrogens (tertiary/aromatic N) is 1. The molecule has 0 aromatic heterocycles. The monoisotopic (exact) mass is 293 g/mol. The van der Waals surface area contributed by atoms with Gasteiger partial charge in [0.2, 0.25) is 5.91 Å². The summed E-state index contributed by atoms with van der Waals surface area (Å²) in [5, 5.41) is 0. The number of carbonyl (C=O) groups is 2. The minimum absolute atomic E-state index is 0.0275. The van der Waals surface area contributed by atoms with Crippen LogP contribution >= 0.6 is 0 Å². The van der Waals surface area contributed by atoms with Crippen molar-refractivity contribution in [1.82, 2.24) is 4.90 Å². The third-order valence-corrected chi connectivity index (χ3v) is 4.47. The maximum absolute atomic E-state index is 12.1. The van der Waals surface area contributed by atoms with Gasteiger partial charge in [0.05, 0.1) is 12.5 Å². The van der Waals surface area contributed by atoms with Crippen molar-refractivity contribution < 1.29 is 14.3 Å². The van der Waals surface area contributed by atoms with Crippen LogP contribution in [0, 0.1) is 17.8 Å². The molecule has 0 aromatic carbocycles. The van der Waals surface area contributed by atoms with Crippen LogP contribution in [-0.2, 0) is 14.3 Å². The molecular formula is C17H27NO3. The quantitative estimate of drug-likeness (QED) is 0.591. The van der Waals surface area contributed by atoms with E-state index in [1.54, 1.807) is 0 Å². The fourth-order valence-electron chi connectivity index (χ4n) is 3.03. The van der Waals surface area contributed by atoms with Crippen molar-refractivity contribution in [2.24, 2.45) is 17.8 Å². The molecule has 1 heterocycles. The molecule has 0 bridgehead atoms. The van der Waals surface area contributed by atoms with Gasteiger partial charge in [0.15, 0.2) is 0 Å². The summed E-state index contributed by atoms with van der Waals surface area (Å²) in [4.78, 5) is 25.9. The summed E-state index contributed by atoms with van der Waals surface area (Å²) in [6.45, 7) is 5.75. The summed E-state index contributed by atoms with van der Waals surface area (Å²) in [5.41, 5.74) is 0. The predicted molar refractivity (Wildman–Crippen MR) is 81.6 cm³/mol. The molecular weight excluding hydrogens is 266 g/mol. The lowest BCUT2D eigenvalue weighted by molar-refractivity contribution is -0.153. The molecule has 4 heteroatoms. The highest BCUT2D eigenvalue weighted by molar-refractivity contribution is 5.79. The number of rotatable bonds is 4. The van der Waals surface area contributed by atoms with Crippen LogP contribution in [0.25, 0.3) is 0 Å². The van der Waals surface area contributed by atoms with E-state index in [2.05, 4.69) is 12.2 Å². The number of ether oxygens (including phenoxy) is 1. The highest BCUT2D eigenvalue weighted by Gasteiger charge is 2.29. The third-order valence-electron chi connectivity index (χ3n) is 4.47. The van der Waals surface area contributed by atoms with Crippen LogP contribution in [0.3, 0.4) is 0 Å². The van der Waals surface area contributed by atoms with Gasteiger partial charge >= 0.3 is 5.97 Å². The summed E-state index contributed by atoms with van der Waals surface area (Å²) in [6.07, 6.45) is 9.08. The molecule has 2 rings (SSSR count). The second-order valence-corrected chi connectivity index (χ2v) is 6.53. The lowest BCUT2D eigenvalue weighted by atomic mass is 9.94. The molecule has 21 heavy (non-hydrogen) atoms. The molecule has 1 unspecified atom stereocenters. The second-order valence-electron chi connectivity index (χ2n) is 6.53. The molecule has 4 nitrogen and oxygen atoms in total. The van der Waals surface area contributed by atoms with Crippen molar-refractivity contribution in [2.45, 2.75) is 46.0 Å². The van der Waals surface area contributed by atoms with Crippen LogP contribution in [-0.4, -0.2) is 36.5 Å². The van der Waals surface area contributed by atoms with E-state index in [-0.39, 0.29) is 23.7 Å². The number of likely N-dealkylation sites (tertiary alicyclic amines) is 1. The highest BCUT2D eigenvalue weighted by atomic mass is 16.5. The van der Waals surface area contributed by atoms with Gasteiger partial charge in [-0.15, -0.1) is 0 Å². The van der Waals surface area contributed by atoms with Crippen molar-refractivity contribution in [3.8, 4) is 0 Å². The van der Waals surface area contributed by atoms with Crippen molar-refractivity contribution in [2.75, 3.05) is 19.7 Å². The first-order chi connectivity index (χ1) is 10.1. The highest BCUT2D eigenvalue weighted by Crippen LogP contribution is 2.22. The Morgan fingerprint density at radius 1 is 1.19 bits per heavy atom. The smallest absolute Gasteiger partial charge is 0.309 e. The van der Waals surface area contributed by atoms with E-state index in [0.717, 1.165) is 32.1 Å². The number of carbonyl (C=O) groups excluding carboxylic acids is 2. The number of esters is 1. The van der Waals surface area contributed by atoms with Crippen LogP contribution in [0.5, 0.6) is 0 Å². The molecule has 1 amide bonds. The molecule has 1 atom stereocenters. The van der Waals surface area contributed by atoms with Crippen LogP contribution in [0.15, 0.2) is 12.2 Å². The largest absolute Gasteiger partial charge is 0.465 e. The first-order valence-electron chi connectivity index (χ1n) is 8.18. The van der Waals surface area contributed by atoms with E-state index in [1.165, 1.54) is 0 Å². The normalized spacial score (nSPS) is 23.4. The molecule has 0 spiro atoms. The van der Waals surface area contributed by atoms with E-state index in [1.807, 2.05) is 18.7 Å². The maximum atomic E-state index is 12.1. The molecule has 1 fully saturated rings. The van der Waals surface area contributed by atoms with Gasteiger partial charge in [-0.1, -0.05) is 26.0 Å². The molecule has 2 aliphatic rings. The molecule has 1 saturated heterocycles. The van der Waals surface area contributed by atoms with Gasteiger partial charge in [0, 0.05) is 19.0 Å². The average Bonchev–Trinajstić information content (AvgIpc) is 2.53. The molecule has 0 N–H and O–H groups in total. The number of hydrogen-bond acceptors (Lipinski definition) is 3. The average molecular weight is 293 g/mol. The Kier molecular flexibility index (Phi) is 5.83. The SMILES string of the molecule is CC(C)C(=O)N1CCC(C(=O)OCC2CC=CCC2)CC1. The van der Waals surface area contributed by atoms with E-state index in [4.69, 9.17) is 4.74 Å². The standard InChI is InChI=1S/C17H27NO3/c1-13(2)16(19)18-10-8-15(9-11-18)17(20)21-12-14-6-4-3-5-7-14/h3-4,13-15H,5-12H2,1-2H3. The van der Waals surface area contributed by atoms with Gasteiger partial charge in [0.25, 0.3) is 0 Å². The Bertz CT molecular complexity index is 395. The van der Waals surface area contributed by atoms with E-state index >= 15 is 0 Å². The molecule has 0 saturated carbocycles. The van der Waals surface area contributed by atoms with Gasteiger partial charge in [-0.3, -0.25) is 9.59 Å². The van der Waals surface area contributed by atoms with Gasteiger partial charge in [-0.05, 0) is 38.0 Å². The van der Waals surface area contributed by atoms with Gasteiger partial charge in [0.1, 0.15) is 0 Å². The van der Waals surface area contributed by atoms with E-state index in [0.29, 0.717) is 25.6 Å². The zero-order chi connectivity index (χ0) is 15.2. The molecule has 118 valence electrons. The Morgan fingerprint density at radius 2 is 1.90 bits per heavy atom. The summed E-state index contributed by atoms with van der Waals surface area (Å²) < 4.78 is 5.49. The van der Waals surface area contributed by atoms with Crippen molar-refractivity contribution >= 4 is 11.9 Å². The zero-order valence-corrected chi connectivity index (χ0v) is 13.2. The Hall–Kier alpha value is -1.32. The lowest BCUT2D eigenvalue weighted by Gasteiger charge is -2.32. The minimum atomic E-state index is -0.0683. The van der Waals surface area contributed by atoms with Crippen LogP contribution < -0.4 is 0 Å². The molecule has 1 aliphatic heterocycles. The Morgan fingerprint density at radius 3 is 2.48 bits per heavy atom. The Labute approximate surface area is 127 Å². The van der Waals surface area contributed by atoms with E-state index < -0.39 is 0 Å². The molecule has 1 aliphatic carbocycles. The fourth-order valence-corrected chi connectivity index (χ4v) is 3.03. The summed E-state index contributed by atoms with van der Waals surface area (Å²) in [6, 6.07) is 0. The summed E-state index contributed by atoms with van der Waals surface area (Å²) >= 11 is 0. The number of hydrogen-bond donors (Lipinski definition) is 0. The van der Waals surface area contributed by atoms with Crippen LogP contribution in [0.2, 0.25) is 0 Å². The number of allylic oxidation sites excluding steroid dienone is 2. The minimum Gasteiger partial charge on any atom is -0.465 e. The predicted octanol–water partition coefficient (Wildman–Crippen LogP) is 2.78. The van der Waals surface area contributed by atoms with E-state index in [9.17, 15) is 9.59 Å². The van der Waals surface area contributed by atoms with Gasteiger partial charge in [-0.25, -0.2) is 0 Å². The molecule has 0 aromatic rings. The van der Waals surface area contributed by atoms with Gasteiger partial charge in [-0.2, -0.15) is 0 Å². The summed E-state index contributed by atoms with van der Waals surface area (Å²) in [5.74, 6) is 0.617. The maximum Gasteiger partial charge on any atom is 0.309 e. The number of piperidine rings is 1. The Balaban J connectivity index is 1.70.